The van der Waals surface area contributed by atoms with Gasteiger partial charge in [0.25, 0.3) is 0 Å². The molecular formula is C27H20F2O. The molecule has 3 heteroatoms. The van der Waals surface area contributed by atoms with Crippen molar-refractivity contribution in [1.29, 1.82) is 0 Å². The lowest BCUT2D eigenvalue weighted by molar-refractivity contribution is 0.410. The number of halogens is 2. The largest absolute Gasteiger partial charge is 0.497 e. The minimum Gasteiger partial charge on any atom is -0.497 e. The molecule has 0 fully saturated rings. The molecule has 0 unspecified atom stereocenters. The Hall–Kier alpha value is -3.64. The molecule has 0 saturated carbocycles. The molecule has 0 aliphatic carbocycles. The molecule has 4 aromatic carbocycles. The van der Waals surface area contributed by atoms with Gasteiger partial charge >= 0.3 is 0 Å². The monoisotopic (exact) mass is 398 g/mol. The summed E-state index contributed by atoms with van der Waals surface area (Å²) >= 11 is 0. The Morgan fingerprint density at radius 2 is 1.40 bits per heavy atom. The molecule has 0 bridgehead atoms. The lowest BCUT2D eigenvalue weighted by Crippen LogP contribution is -1.96. The average Bonchev–Trinajstić information content (AvgIpc) is 2.77. The Balaban J connectivity index is 1.42. The number of ether oxygens (including phenoxy) is 1. The Kier molecular flexibility index (Phi) is 5.77. The van der Waals surface area contributed by atoms with E-state index in [4.69, 9.17) is 4.74 Å². The van der Waals surface area contributed by atoms with E-state index in [1.54, 1.807) is 18.2 Å². The average molecular weight is 398 g/mol. The van der Waals surface area contributed by atoms with Gasteiger partial charge in [-0.3, -0.25) is 0 Å². The molecule has 0 spiro atoms. The summed E-state index contributed by atoms with van der Waals surface area (Å²) in [5.41, 5.74) is 3.60. The summed E-state index contributed by atoms with van der Waals surface area (Å²) in [4.78, 5) is 0. The maximum absolute atomic E-state index is 14.1. The minimum absolute atomic E-state index is 0.240. The highest BCUT2D eigenvalue weighted by Gasteiger charge is 2.04. The van der Waals surface area contributed by atoms with Crippen LogP contribution >= 0.6 is 0 Å². The first-order chi connectivity index (χ1) is 14.6. The number of methoxy groups -OCH3 is 1. The topological polar surface area (TPSA) is 9.23 Å². The van der Waals surface area contributed by atoms with Gasteiger partial charge in [-0.25, -0.2) is 8.78 Å². The van der Waals surface area contributed by atoms with Crippen LogP contribution in [0, 0.1) is 23.5 Å². The van der Waals surface area contributed by atoms with Crippen molar-refractivity contribution in [2.45, 2.75) is 12.8 Å². The maximum Gasteiger partial charge on any atom is 0.130 e. The van der Waals surface area contributed by atoms with Gasteiger partial charge in [0.1, 0.15) is 17.4 Å². The normalized spacial score (nSPS) is 10.5. The molecule has 0 aliphatic rings. The number of hydrogen-bond acceptors (Lipinski definition) is 1. The van der Waals surface area contributed by atoms with Gasteiger partial charge in [0.05, 0.1) is 7.11 Å². The molecule has 30 heavy (non-hydrogen) atoms. The highest BCUT2D eigenvalue weighted by molar-refractivity contribution is 5.83. The molecule has 0 heterocycles. The second-order valence-electron chi connectivity index (χ2n) is 7.11. The Labute approximate surface area is 174 Å². The smallest absolute Gasteiger partial charge is 0.130 e. The third-order valence-corrected chi connectivity index (χ3v) is 5.05. The van der Waals surface area contributed by atoms with E-state index in [-0.39, 0.29) is 11.6 Å². The van der Waals surface area contributed by atoms with Gasteiger partial charge in [-0.1, -0.05) is 42.2 Å². The fourth-order valence-corrected chi connectivity index (χ4v) is 3.33. The van der Waals surface area contributed by atoms with Crippen LogP contribution in [0.25, 0.3) is 10.8 Å². The standard InChI is InChI=1S/C27H20F2O/c1-30-26-15-13-22(27(29)18-26)10-8-20-4-2-19(3-5-20)6-7-21-9-11-24-17-25(28)14-12-23(24)16-21/h2-5,9,11-18H,8,10H2,1H3. The van der Waals surface area contributed by atoms with Crippen LogP contribution in [0.1, 0.15) is 22.3 Å². The second-order valence-corrected chi connectivity index (χ2v) is 7.11. The van der Waals surface area contributed by atoms with Crippen molar-refractivity contribution < 1.29 is 13.5 Å². The van der Waals surface area contributed by atoms with Crippen LogP contribution in [-0.4, -0.2) is 7.11 Å². The summed E-state index contributed by atoms with van der Waals surface area (Å²) in [6, 6.07) is 23.4. The molecule has 0 aromatic heterocycles. The first-order valence-corrected chi connectivity index (χ1v) is 9.73. The van der Waals surface area contributed by atoms with Crippen molar-refractivity contribution in [3.8, 4) is 17.6 Å². The second kappa shape index (κ2) is 8.80. The molecule has 4 rings (SSSR count). The van der Waals surface area contributed by atoms with Crippen molar-refractivity contribution in [1.82, 2.24) is 0 Å². The third kappa shape index (κ3) is 4.67. The van der Waals surface area contributed by atoms with Gasteiger partial charge in [-0.2, -0.15) is 0 Å². The molecule has 0 saturated heterocycles. The molecule has 0 atom stereocenters. The predicted molar refractivity (Wildman–Crippen MR) is 117 cm³/mol. The lowest BCUT2D eigenvalue weighted by atomic mass is 10.0. The van der Waals surface area contributed by atoms with Crippen molar-refractivity contribution in [2.24, 2.45) is 0 Å². The van der Waals surface area contributed by atoms with Crippen molar-refractivity contribution in [2.75, 3.05) is 7.11 Å². The van der Waals surface area contributed by atoms with Crippen molar-refractivity contribution in [3.05, 3.63) is 113 Å². The SMILES string of the molecule is COc1ccc(CCc2ccc(C#Cc3ccc4cc(F)ccc4c3)cc2)c(F)c1. The van der Waals surface area contributed by atoms with Crippen LogP contribution in [-0.2, 0) is 12.8 Å². The van der Waals surface area contributed by atoms with Crippen LogP contribution in [0.15, 0.2) is 78.9 Å². The van der Waals surface area contributed by atoms with Gasteiger partial charge in [0.2, 0.25) is 0 Å². The van der Waals surface area contributed by atoms with E-state index in [9.17, 15) is 8.78 Å². The van der Waals surface area contributed by atoms with Gasteiger partial charge in [-0.15, -0.1) is 0 Å². The number of benzene rings is 4. The number of fused-ring (bicyclic) bond motifs is 1. The van der Waals surface area contributed by atoms with Gasteiger partial charge in [0.15, 0.2) is 0 Å². The van der Waals surface area contributed by atoms with E-state index in [1.807, 2.05) is 42.5 Å². The summed E-state index contributed by atoms with van der Waals surface area (Å²) in [5, 5.41) is 1.82. The Morgan fingerprint density at radius 3 is 2.17 bits per heavy atom. The molecule has 0 N–H and O–H groups in total. The first-order valence-electron chi connectivity index (χ1n) is 9.73. The highest BCUT2D eigenvalue weighted by Crippen LogP contribution is 2.19. The number of aryl methyl sites for hydroxylation is 2. The van der Waals surface area contributed by atoms with Crippen LogP contribution in [0.2, 0.25) is 0 Å². The molecule has 0 radical (unpaired) electrons. The van der Waals surface area contributed by atoms with Gasteiger partial charge in [0, 0.05) is 17.2 Å². The van der Waals surface area contributed by atoms with E-state index in [2.05, 4.69) is 11.8 Å². The zero-order valence-corrected chi connectivity index (χ0v) is 16.6. The van der Waals surface area contributed by atoms with Gasteiger partial charge < -0.3 is 4.74 Å². The summed E-state index contributed by atoms with van der Waals surface area (Å²) in [5.74, 6) is 6.37. The number of rotatable bonds is 4. The van der Waals surface area contributed by atoms with Crippen LogP contribution in [0.5, 0.6) is 5.75 Å². The minimum atomic E-state index is -0.241. The Bertz CT molecular complexity index is 1250. The summed E-state index contributed by atoms with van der Waals surface area (Å²) < 4.78 is 32.4. The van der Waals surface area contributed by atoms with Crippen molar-refractivity contribution >= 4 is 10.8 Å². The summed E-state index contributed by atoms with van der Waals surface area (Å²) in [7, 11) is 1.53. The van der Waals surface area contributed by atoms with E-state index in [0.717, 1.165) is 33.9 Å². The zero-order valence-electron chi connectivity index (χ0n) is 16.6. The molecular weight excluding hydrogens is 378 g/mol. The molecule has 148 valence electrons. The quantitative estimate of drug-likeness (QED) is 0.366. The molecule has 0 aliphatic heterocycles. The molecule has 0 amide bonds. The van der Waals surface area contributed by atoms with Gasteiger partial charge in [-0.05, 0) is 77.2 Å². The van der Waals surface area contributed by atoms with E-state index < -0.39 is 0 Å². The van der Waals surface area contributed by atoms with Crippen LogP contribution in [0.4, 0.5) is 8.78 Å². The van der Waals surface area contributed by atoms with Crippen molar-refractivity contribution in [3.63, 3.8) is 0 Å². The first kappa shape index (κ1) is 19.7. The third-order valence-electron chi connectivity index (χ3n) is 5.05. The molecule has 4 aromatic rings. The maximum atomic E-state index is 14.1. The number of hydrogen-bond donors (Lipinski definition) is 0. The highest BCUT2D eigenvalue weighted by atomic mass is 19.1. The van der Waals surface area contributed by atoms with E-state index in [0.29, 0.717) is 17.7 Å². The zero-order chi connectivity index (χ0) is 20.9. The fourth-order valence-electron chi connectivity index (χ4n) is 3.33. The Morgan fingerprint density at radius 1 is 0.700 bits per heavy atom. The van der Waals surface area contributed by atoms with E-state index >= 15 is 0 Å². The summed E-state index contributed by atoms with van der Waals surface area (Å²) in [6.45, 7) is 0. The molecule has 1 nitrogen and oxygen atoms in total. The van der Waals surface area contributed by atoms with Crippen LogP contribution < -0.4 is 4.74 Å². The van der Waals surface area contributed by atoms with Crippen LogP contribution in [0.3, 0.4) is 0 Å². The predicted octanol–water partition coefficient (Wildman–Crippen LogP) is 6.31. The lowest BCUT2D eigenvalue weighted by Gasteiger charge is -2.06. The summed E-state index contributed by atoms with van der Waals surface area (Å²) in [6.07, 6.45) is 1.37. The fraction of sp³-hybridized carbons (Fsp3) is 0.111. The van der Waals surface area contributed by atoms with E-state index in [1.165, 1.54) is 25.3 Å².